The Bertz CT molecular complexity index is 1400. The van der Waals surface area contributed by atoms with Crippen LogP contribution in [-0.4, -0.2) is 42.4 Å². The van der Waals surface area contributed by atoms with E-state index in [2.05, 4.69) is 15.4 Å². The van der Waals surface area contributed by atoms with E-state index in [-0.39, 0.29) is 36.1 Å². The Labute approximate surface area is 220 Å². The summed E-state index contributed by atoms with van der Waals surface area (Å²) in [6.45, 7) is -0.531. The lowest BCUT2D eigenvalue weighted by Gasteiger charge is -2.11. The minimum absolute atomic E-state index is 0.0394. The Morgan fingerprint density at radius 3 is 2.51 bits per heavy atom. The first-order chi connectivity index (χ1) is 17.7. The molecule has 0 aliphatic carbocycles. The van der Waals surface area contributed by atoms with E-state index in [9.17, 15) is 19.2 Å². The molecule has 4 amide bonds. The third kappa shape index (κ3) is 6.29. The van der Waals surface area contributed by atoms with E-state index < -0.39 is 23.8 Å². The first-order valence-electron chi connectivity index (χ1n) is 10.7. The van der Waals surface area contributed by atoms with Gasteiger partial charge in [0.2, 0.25) is 5.76 Å². The van der Waals surface area contributed by atoms with Crippen molar-refractivity contribution in [2.45, 2.75) is 6.54 Å². The van der Waals surface area contributed by atoms with Crippen LogP contribution in [0.4, 0.5) is 10.5 Å². The Morgan fingerprint density at radius 1 is 1.05 bits per heavy atom. The van der Waals surface area contributed by atoms with Gasteiger partial charge in [0.15, 0.2) is 6.61 Å². The molecule has 1 aromatic heterocycles. The van der Waals surface area contributed by atoms with Crippen LogP contribution in [0.1, 0.15) is 21.9 Å². The molecule has 1 aliphatic rings. The standard InChI is InChI=1S/C25H19Cl2N3O7/c1-35-24(33)21-9-7-18(37-21)12-30-23(32)19(29-25(30)34)11-14-10-16(27)4-8-20(14)36-13-22(31)28-17-5-2-15(26)3-6-17/h2-11H,12-13H2,1H3,(H,28,31)(H,29,34)/b19-11-. The second kappa shape index (κ2) is 11.2. The van der Waals surface area contributed by atoms with Crippen molar-refractivity contribution >= 4 is 58.8 Å². The van der Waals surface area contributed by atoms with Crippen molar-refractivity contribution in [1.82, 2.24) is 10.2 Å². The molecule has 1 fully saturated rings. The van der Waals surface area contributed by atoms with Crippen molar-refractivity contribution in [2.24, 2.45) is 0 Å². The van der Waals surface area contributed by atoms with Gasteiger partial charge in [-0.05, 0) is 60.7 Å². The van der Waals surface area contributed by atoms with Crippen molar-refractivity contribution in [3.63, 3.8) is 0 Å². The molecule has 1 saturated heterocycles. The van der Waals surface area contributed by atoms with E-state index in [4.69, 9.17) is 32.4 Å². The van der Waals surface area contributed by atoms with Gasteiger partial charge in [0, 0.05) is 21.3 Å². The Balaban J connectivity index is 1.46. The summed E-state index contributed by atoms with van der Waals surface area (Å²) >= 11 is 12.0. The van der Waals surface area contributed by atoms with Crippen LogP contribution in [0.5, 0.6) is 5.75 Å². The first kappa shape index (κ1) is 25.8. The molecule has 0 unspecified atom stereocenters. The number of nitrogens with one attached hydrogen (secondary N) is 2. The van der Waals surface area contributed by atoms with Gasteiger partial charge < -0.3 is 24.5 Å². The van der Waals surface area contributed by atoms with Crippen molar-refractivity contribution in [3.8, 4) is 5.75 Å². The highest BCUT2D eigenvalue weighted by Gasteiger charge is 2.34. The molecule has 3 aromatic rings. The number of imide groups is 1. The normalized spacial score (nSPS) is 14.0. The SMILES string of the molecule is COC(=O)c1ccc(CN2C(=O)N/C(=C\c3cc(Cl)ccc3OCC(=O)Nc3ccc(Cl)cc3)C2=O)o1. The maximum atomic E-state index is 12.9. The van der Waals surface area contributed by atoms with Gasteiger partial charge in [0.05, 0.1) is 13.7 Å². The first-order valence-corrected chi connectivity index (χ1v) is 11.5. The fraction of sp³-hybridized carbons (Fsp3) is 0.120. The van der Waals surface area contributed by atoms with E-state index in [1.165, 1.54) is 31.4 Å². The van der Waals surface area contributed by atoms with Crippen LogP contribution in [0, 0.1) is 0 Å². The van der Waals surface area contributed by atoms with Gasteiger partial charge in [-0.2, -0.15) is 0 Å². The number of carbonyl (C=O) groups is 4. The van der Waals surface area contributed by atoms with Gasteiger partial charge in [-0.25, -0.2) is 9.59 Å². The van der Waals surface area contributed by atoms with Crippen molar-refractivity contribution in [3.05, 3.63) is 87.4 Å². The summed E-state index contributed by atoms with van der Waals surface area (Å²) in [4.78, 5) is 50.1. The van der Waals surface area contributed by atoms with Crippen molar-refractivity contribution in [1.29, 1.82) is 0 Å². The molecule has 0 saturated carbocycles. The average Bonchev–Trinajstić information content (AvgIpc) is 3.45. The maximum Gasteiger partial charge on any atom is 0.373 e. The van der Waals surface area contributed by atoms with Crippen LogP contribution in [0.3, 0.4) is 0 Å². The minimum atomic E-state index is -0.681. The van der Waals surface area contributed by atoms with Gasteiger partial charge >= 0.3 is 12.0 Å². The lowest BCUT2D eigenvalue weighted by atomic mass is 10.1. The van der Waals surface area contributed by atoms with Gasteiger partial charge in [-0.1, -0.05) is 23.2 Å². The highest BCUT2D eigenvalue weighted by Crippen LogP contribution is 2.27. The fourth-order valence-electron chi connectivity index (χ4n) is 3.34. The van der Waals surface area contributed by atoms with Crippen molar-refractivity contribution in [2.75, 3.05) is 19.0 Å². The number of ether oxygens (including phenoxy) is 2. The molecule has 12 heteroatoms. The number of urea groups is 1. The number of hydrogen-bond acceptors (Lipinski definition) is 7. The zero-order valence-corrected chi connectivity index (χ0v) is 20.8. The molecule has 1 aliphatic heterocycles. The summed E-state index contributed by atoms with van der Waals surface area (Å²) < 4.78 is 15.6. The molecule has 0 spiro atoms. The average molecular weight is 544 g/mol. The molecule has 190 valence electrons. The predicted octanol–water partition coefficient (Wildman–Crippen LogP) is 4.48. The zero-order chi connectivity index (χ0) is 26.5. The summed E-state index contributed by atoms with van der Waals surface area (Å²) in [5, 5.41) is 6.05. The zero-order valence-electron chi connectivity index (χ0n) is 19.2. The number of carbonyl (C=O) groups excluding carboxylic acids is 4. The quantitative estimate of drug-likeness (QED) is 0.243. The van der Waals surface area contributed by atoms with E-state index in [1.807, 2.05) is 0 Å². The third-order valence-corrected chi connectivity index (χ3v) is 5.57. The highest BCUT2D eigenvalue weighted by atomic mass is 35.5. The molecule has 0 radical (unpaired) electrons. The van der Waals surface area contributed by atoms with E-state index in [0.29, 0.717) is 21.3 Å². The van der Waals surface area contributed by atoms with E-state index in [1.54, 1.807) is 36.4 Å². The predicted molar refractivity (Wildman–Crippen MR) is 134 cm³/mol. The van der Waals surface area contributed by atoms with Crippen molar-refractivity contribution < 1.29 is 33.1 Å². The maximum absolute atomic E-state index is 12.9. The second-order valence-corrected chi connectivity index (χ2v) is 8.54. The number of halogens is 2. The second-order valence-electron chi connectivity index (χ2n) is 7.66. The van der Waals surface area contributed by atoms with Gasteiger partial charge in [-0.15, -0.1) is 0 Å². The molecule has 4 rings (SSSR count). The summed E-state index contributed by atoms with van der Waals surface area (Å²) in [6.07, 6.45) is 1.39. The smallest absolute Gasteiger partial charge is 0.373 e. The van der Waals surface area contributed by atoms with E-state index >= 15 is 0 Å². The summed E-state index contributed by atoms with van der Waals surface area (Å²) in [5.41, 5.74) is 0.872. The fourth-order valence-corrected chi connectivity index (χ4v) is 3.64. The number of rotatable bonds is 8. The topological polar surface area (TPSA) is 127 Å². The lowest BCUT2D eigenvalue weighted by molar-refractivity contribution is -0.123. The molecule has 2 aromatic carbocycles. The van der Waals surface area contributed by atoms with Crippen LogP contribution < -0.4 is 15.4 Å². The number of amides is 4. The number of benzene rings is 2. The molecular weight excluding hydrogens is 525 g/mol. The van der Waals surface area contributed by atoms with Crippen LogP contribution in [0.25, 0.3) is 6.08 Å². The number of methoxy groups -OCH3 is 1. The number of nitrogens with zero attached hydrogens (tertiary/aromatic N) is 1. The number of anilines is 1. The summed E-state index contributed by atoms with van der Waals surface area (Å²) in [5.74, 6) is -1.31. The van der Waals surface area contributed by atoms with Gasteiger partial charge in [-0.3, -0.25) is 14.5 Å². The minimum Gasteiger partial charge on any atom is -0.483 e. The monoisotopic (exact) mass is 543 g/mol. The Kier molecular flexibility index (Phi) is 7.80. The summed E-state index contributed by atoms with van der Waals surface area (Å²) in [7, 11) is 1.21. The van der Waals surface area contributed by atoms with E-state index in [0.717, 1.165) is 4.90 Å². The van der Waals surface area contributed by atoms with Crippen LogP contribution in [0.2, 0.25) is 10.0 Å². The van der Waals surface area contributed by atoms with Crippen LogP contribution in [-0.2, 0) is 20.9 Å². The number of hydrogen-bond donors (Lipinski definition) is 2. The third-order valence-electron chi connectivity index (χ3n) is 5.08. The highest BCUT2D eigenvalue weighted by molar-refractivity contribution is 6.31. The Morgan fingerprint density at radius 2 is 1.78 bits per heavy atom. The largest absolute Gasteiger partial charge is 0.483 e. The molecule has 10 nitrogen and oxygen atoms in total. The summed E-state index contributed by atoms with van der Waals surface area (Å²) in [6, 6.07) is 13.4. The molecule has 0 bridgehead atoms. The molecule has 2 N–H and O–H groups in total. The number of furan rings is 1. The van der Waals surface area contributed by atoms with Gasteiger partial charge in [0.25, 0.3) is 11.8 Å². The Hall–Kier alpha value is -4.28. The van der Waals surface area contributed by atoms with Gasteiger partial charge in [0.1, 0.15) is 17.2 Å². The van der Waals surface area contributed by atoms with Crippen LogP contribution >= 0.6 is 23.2 Å². The lowest BCUT2D eigenvalue weighted by Crippen LogP contribution is -2.30. The molecular formula is C25H19Cl2N3O7. The van der Waals surface area contributed by atoms with Crippen LogP contribution in [0.15, 0.2) is 64.7 Å². The number of esters is 1. The molecule has 37 heavy (non-hydrogen) atoms. The molecule has 0 atom stereocenters. The molecule has 2 heterocycles.